The van der Waals surface area contributed by atoms with Crippen molar-refractivity contribution in [2.45, 2.75) is 32.3 Å². The number of benzene rings is 2. The minimum Gasteiger partial charge on any atom is -0.490 e. The number of hydrogen-bond acceptors (Lipinski definition) is 3. The predicted molar refractivity (Wildman–Crippen MR) is 109 cm³/mol. The van der Waals surface area contributed by atoms with Gasteiger partial charge in [0.05, 0.1) is 6.54 Å². The molecule has 3 rings (SSSR count). The molecule has 1 aliphatic rings. The number of likely N-dealkylation sites (tertiary alicyclic amines) is 1. The zero-order valence-electron chi connectivity index (χ0n) is 15.8. The van der Waals surface area contributed by atoms with Gasteiger partial charge in [-0.25, -0.2) is 0 Å². The summed E-state index contributed by atoms with van der Waals surface area (Å²) in [6.07, 6.45) is 3.12. The first-order valence-electron chi connectivity index (χ1n) is 9.45. The Morgan fingerprint density at radius 2 is 1.78 bits per heavy atom. The number of nitrogens with zero attached hydrogens (tertiary/aromatic N) is 1. The van der Waals surface area contributed by atoms with Gasteiger partial charge in [-0.15, -0.1) is 0 Å². The van der Waals surface area contributed by atoms with E-state index in [1.807, 2.05) is 54.6 Å². The molecule has 0 bridgehead atoms. The molecular weight excluding hydrogens is 336 g/mol. The standard InChI is InChI=1S/C23H26N2O2/c1-19(26)24-21-12-10-20(11-13-21)7-5-6-16-25-17-14-23(15-18-25)27-22-8-3-2-4-9-22/h2-4,8-13,23H,7,14-18H2,1H3,(H,24,26). The van der Waals surface area contributed by atoms with E-state index in [4.69, 9.17) is 4.74 Å². The van der Waals surface area contributed by atoms with Crippen LogP contribution in [0.3, 0.4) is 0 Å². The zero-order chi connectivity index (χ0) is 18.9. The molecule has 1 saturated heterocycles. The lowest BCUT2D eigenvalue weighted by molar-refractivity contribution is -0.114. The van der Waals surface area contributed by atoms with Gasteiger partial charge in [0.1, 0.15) is 11.9 Å². The van der Waals surface area contributed by atoms with Gasteiger partial charge in [0, 0.05) is 32.1 Å². The topological polar surface area (TPSA) is 41.6 Å². The van der Waals surface area contributed by atoms with Gasteiger partial charge in [0.2, 0.25) is 5.91 Å². The number of carbonyl (C=O) groups is 1. The van der Waals surface area contributed by atoms with Crippen LogP contribution in [0.5, 0.6) is 5.75 Å². The van der Waals surface area contributed by atoms with E-state index in [1.54, 1.807) is 0 Å². The zero-order valence-corrected chi connectivity index (χ0v) is 15.8. The fraction of sp³-hybridized carbons (Fsp3) is 0.348. The second-order valence-corrected chi connectivity index (χ2v) is 6.81. The molecular formula is C23H26N2O2. The van der Waals surface area contributed by atoms with Gasteiger partial charge >= 0.3 is 0 Å². The molecule has 1 fully saturated rings. The van der Waals surface area contributed by atoms with Gasteiger partial charge in [-0.2, -0.15) is 0 Å². The van der Waals surface area contributed by atoms with Crippen LogP contribution in [0, 0.1) is 11.8 Å². The molecule has 27 heavy (non-hydrogen) atoms. The van der Waals surface area contributed by atoms with E-state index in [2.05, 4.69) is 22.1 Å². The maximum absolute atomic E-state index is 11.0. The second kappa shape index (κ2) is 9.80. The summed E-state index contributed by atoms with van der Waals surface area (Å²) in [6, 6.07) is 17.9. The Labute approximate surface area is 161 Å². The molecule has 1 N–H and O–H groups in total. The largest absolute Gasteiger partial charge is 0.490 e. The molecule has 1 aliphatic heterocycles. The number of rotatable bonds is 5. The third-order valence-electron chi connectivity index (χ3n) is 4.58. The first-order chi connectivity index (χ1) is 13.2. The Balaban J connectivity index is 1.37. The highest BCUT2D eigenvalue weighted by Crippen LogP contribution is 2.18. The fourth-order valence-electron chi connectivity index (χ4n) is 3.12. The highest BCUT2D eigenvalue weighted by Gasteiger charge is 2.19. The number of nitrogens with one attached hydrogen (secondary N) is 1. The maximum Gasteiger partial charge on any atom is 0.221 e. The van der Waals surface area contributed by atoms with Crippen molar-refractivity contribution in [3.05, 3.63) is 60.2 Å². The van der Waals surface area contributed by atoms with E-state index in [9.17, 15) is 4.79 Å². The number of para-hydroxylation sites is 1. The maximum atomic E-state index is 11.0. The van der Waals surface area contributed by atoms with E-state index < -0.39 is 0 Å². The lowest BCUT2D eigenvalue weighted by Crippen LogP contribution is -2.38. The Kier molecular flexibility index (Phi) is 6.90. The minimum absolute atomic E-state index is 0.0551. The van der Waals surface area contributed by atoms with Gasteiger partial charge in [-0.05, 0) is 42.7 Å². The highest BCUT2D eigenvalue weighted by atomic mass is 16.5. The van der Waals surface area contributed by atoms with Crippen molar-refractivity contribution in [3.8, 4) is 17.6 Å². The van der Waals surface area contributed by atoms with Crippen molar-refractivity contribution in [2.24, 2.45) is 0 Å². The molecule has 0 unspecified atom stereocenters. The van der Waals surface area contributed by atoms with Crippen LogP contribution in [-0.4, -0.2) is 36.5 Å². The molecule has 140 valence electrons. The number of ether oxygens (including phenoxy) is 1. The molecule has 0 aliphatic carbocycles. The van der Waals surface area contributed by atoms with Crippen LogP contribution in [0.4, 0.5) is 5.69 Å². The molecule has 4 heteroatoms. The number of hydrogen-bond donors (Lipinski definition) is 1. The van der Waals surface area contributed by atoms with E-state index in [0.29, 0.717) is 6.10 Å². The summed E-state index contributed by atoms with van der Waals surface area (Å²) in [5, 5.41) is 2.77. The van der Waals surface area contributed by atoms with Crippen LogP contribution >= 0.6 is 0 Å². The summed E-state index contributed by atoms with van der Waals surface area (Å²) in [7, 11) is 0. The monoisotopic (exact) mass is 362 g/mol. The first-order valence-corrected chi connectivity index (χ1v) is 9.45. The quantitative estimate of drug-likeness (QED) is 0.824. The molecule has 0 radical (unpaired) electrons. The third kappa shape index (κ3) is 6.47. The Morgan fingerprint density at radius 1 is 1.07 bits per heavy atom. The lowest BCUT2D eigenvalue weighted by Gasteiger charge is -2.30. The summed E-state index contributed by atoms with van der Waals surface area (Å²) < 4.78 is 6.03. The molecule has 0 aromatic heterocycles. The fourth-order valence-corrected chi connectivity index (χ4v) is 3.12. The highest BCUT2D eigenvalue weighted by molar-refractivity contribution is 5.88. The van der Waals surface area contributed by atoms with E-state index in [-0.39, 0.29) is 5.91 Å². The summed E-state index contributed by atoms with van der Waals surface area (Å²) in [4.78, 5) is 13.4. The van der Waals surface area contributed by atoms with Crippen molar-refractivity contribution in [1.29, 1.82) is 0 Å². The van der Waals surface area contributed by atoms with Crippen molar-refractivity contribution >= 4 is 11.6 Å². The van der Waals surface area contributed by atoms with E-state index >= 15 is 0 Å². The van der Waals surface area contributed by atoms with Crippen LogP contribution in [0.15, 0.2) is 54.6 Å². The summed E-state index contributed by atoms with van der Waals surface area (Å²) in [5.74, 6) is 7.43. The van der Waals surface area contributed by atoms with Crippen LogP contribution < -0.4 is 10.1 Å². The molecule has 1 heterocycles. The van der Waals surface area contributed by atoms with Crippen LogP contribution in [0.2, 0.25) is 0 Å². The van der Waals surface area contributed by atoms with Crippen LogP contribution in [-0.2, 0) is 11.2 Å². The molecule has 1 amide bonds. The number of anilines is 1. The normalized spacial score (nSPS) is 14.9. The van der Waals surface area contributed by atoms with Crippen LogP contribution in [0.25, 0.3) is 0 Å². The molecule has 0 saturated carbocycles. The summed E-state index contributed by atoms with van der Waals surface area (Å²) >= 11 is 0. The van der Waals surface area contributed by atoms with Crippen molar-refractivity contribution in [3.63, 3.8) is 0 Å². The van der Waals surface area contributed by atoms with Gasteiger partial charge in [0.15, 0.2) is 0 Å². The van der Waals surface area contributed by atoms with Gasteiger partial charge < -0.3 is 10.1 Å². The summed E-state index contributed by atoms with van der Waals surface area (Å²) in [6.45, 7) is 4.37. The lowest BCUT2D eigenvalue weighted by atomic mass is 10.1. The Hall–Kier alpha value is -2.77. The summed E-state index contributed by atoms with van der Waals surface area (Å²) in [5.41, 5.74) is 1.98. The molecule has 2 aromatic rings. The smallest absolute Gasteiger partial charge is 0.221 e. The van der Waals surface area contributed by atoms with Gasteiger partial charge in [-0.3, -0.25) is 9.69 Å². The predicted octanol–water partition coefficient (Wildman–Crippen LogP) is 3.73. The Bertz CT molecular complexity index is 783. The Morgan fingerprint density at radius 3 is 2.44 bits per heavy atom. The molecule has 4 nitrogen and oxygen atoms in total. The van der Waals surface area contributed by atoms with Gasteiger partial charge in [-0.1, -0.05) is 42.2 Å². The van der Waals surface area contributed by atoms with Crippen LogP contribution in [0.1, 0.15) is 25.3 Å². The van der Waals surface area contributed by atoms with E-state index in [0.717, 1.165) is 55.9 Å². The van der Waals surface area contributed by atoms with Crippen molar-refractivity contribution in [2.75, 3.05) is 25.0 Å². The van der Waals surface area contributed by atoms with Gasteiger partial charge in [0.25, 0.3) is 0 Å². The average Bonchev–Trinajstić information content (AvgIpc) is 2.68. The molecule has 0 atom stereocenters. The SMILES string of the molecule is CC(=O)Nc1ccc(CC#CCN2CCC(Oc3ccccc3)CC2)cc1. The molecule has 0 spiro atoms. The number of carbonyl (C=O) groups excluding carboxylic acids is 1. The first kappa shape index (κ1) is 19.0. The number of piperidine rings is 1. The third-order valence-corrected chi connectivity index (χ3v) is 4.58. The minimum atomic E-state index is -0.0551. The number of amides is 1. The second-order valence-electron chi connectivity index (χ2n) is 6.81. The van der Waals surface area contributed by atoms with Crippen molar-refractivity contribution in [1.82, 2.24) is 4.90 Å². The van der Waals surface area contributed by atoms with Crippen molar-refractivity contribution < 1.29 is 9.53 Å². The van der Waals surface area contributed by atoms with E-state index in [1.165, 1.54) is 6.92 Å². The average molecular weight is 362 g/mol. The molecule has 2 aromatic carbocycles.